The maximum absolute atomic E-state index is 12.0. The molecule has 1 heterocycles. The van der Waals surface area contributed by atoms with E-state index < -0.39 is 12.1 Å². The van der Waals surface area contributed by atoms with Crippen LogP contribution in [0.15, 0.2) is 0 Å². The van der Waals surface area contributed by atoms with Gasteiger partial charge in [-0.15, -0.1) is 12.4 Å². The van der Waals surface area contributed by atoms with Crippen molar-refractivity contribution in [1.29, 1.82) is 0 Å². The maximum atomic E-state index is 12.0. The minimum atomic E-state index is -4.74. The predicted octanol–water partition coefficient (Wildman–Crippen LogP) is 1.17. The molecule has 0 aromatic rings. The third-order valence-corrected chi connectivity index (χ3v) is 2.48. The summed E-state index contributed by atoms with van der Waals surface area (Å²) in [5, 5.41) is 0. The zero-order chi connectivity index (χ0) is 10.8. The molecule has 0 bridgehead atoms. The average molecular weight is 247 g/mol. The second kappa shape index (κ2) is 5.55. The molecule has 1 amide bonds. The van der Waals surface area contributed by atoms with Crippen LogP contribution in [-0.2, 0) is 4.79 Å². The van der Waals surface area contributed by atoms with Gasteiger partial charge in [0.15, 0.2) is 0 Å². The Morgan fingerprint density at radius 2 is 1.80 bits per heavy atom. The zero-order valence-electron chi connectivity index (χ0n) is 8.09. The van der Waals surface area contributed by atoms with E-state index in [1.54, 1.807) is 0 Å². The maximum Gasteiger partial charge on any atom is 0.471 e. The van der Waals surface area contributed by atoms with Crippen molar-refractivity contribution in [3.63, 3.8) is 0 Å². The number of hydrogen-bond acceptors (Lipinski definition) is 2. The van der Waals surface area contributed by atoms with E-state index in [-0.39, 0.29) is 31.4 Å². The number of carbonyl (C=O) groups is 1. The molecule has 0 radical (unpaired) electrons. The van der Waals surface area contributed by atoms with E-state index in [4.69, 9.17) is 5.73 Å². The monoisotopic (exact) mass is 246 g/mol. The first-order valence-corrected chi connectivity index (χ1v) is 4.51. The number of nitrogens with two attached hydrogens (primary N) is 1. The van der Waals surface area contributed by atoms with Gasteiger partial charge in [0.2, 0.25) is 0 Å². The summed E-state index contributed by atoms with van der Waals surface area (Å²) in [4.78, 5) is 11.6. The lowest BCUT2D eigenvalue weighted by atomic mass is 9.97. The lowest BCUT2D eigenvalue weighted by Gasteiger charge is -2.31. The number of carbonyl (C=O) groups excluding carboxylic acids is 1. The first-order chi connectivity index (χ1) is 6.45. The average Bonchev–Trinajstić information content (AvgIpc) is 2.15. The highest BCUT2D eigenvalue weighted by Gasteiger charge is 2.43. The summed E-state index contributed by atoms with van der Waals surface area (Å²) in [6.07, 6.45) is -3.60. The van der Waals surface area contributed by atoms with E-state index in [0.717, 1.165) is 4.90 Å². The molecule has 0 saturated carbocycles. The summed E-state index contributed by atoms with van der Waals surface area (Å²) in [6, 6.07) is 0. The van der Waals surface area contributed by atoms with Gasteiger partial charge in [-0.2, -0.15) is 13.2 Å². The highest BCUT2D eigenvalue weighted by molar-refractivity contribution is 5.85. The number of likely N-dealkylation sites (tertiary alicyclic amines) is 1. The molecule has 1 saturated heterocycles. The van der Waals surface area contributed by atoms with Gasteiger partial charge < -0.3 is 10.6 Å². The minimum Gasteiger partial charge on any atom is -0.335 e. The molecule has 1 aliphatic rings. The first kappa shape index (κ1) is 14.5. The molecule has 0 atom stereocenters. The molecule has 1 aliphatic heterocycles. The number of alkyl halides is 3. The van der Waals surface area contributed by atoms with Crippen LogP contribution >= 0.6 is 12.4 Å². The lowest BCUT2D eigenvalue weighted by molar-refractivity contribution is -0.186. The fourth-order valence-electron chi connectivity index (χ4n) is 1.55. The van der Waals surface area contributed by atoms with Crippen LogP contribution in [0.1, 0.15) is 12.8 Å². The predicted molar refractivity (Wildman–Crippen MR) is 51.7 cm³/mol. The standard InChI is InChI=1S/C8H13F3N2O.ClH/c9-8(10,11)7(14)13-3-1-6(5-12)2-4-13;/h6H,1-5,12H2;1H. The van der Waals surface area contributed by atoms with Crippen molar-refractivity contribution in [1.82, 2.24) is 4.90 Å². The van der Waals surface area contributed by atoms with Crippen LogP contribution in [-0.4, -0.2) is 36.6 Å². The van der Waals surface area contributed by atoms with Crippen molar-refractivity contribution in [3.8, 4) is 0 Å². The van der Waals surface area contributed by atoms with Gasteiger partial charge >= 0.3 is 12.1 Å². The van der Waals surface area contributed by atoms with Gasteiger partial charge in [0.25, 0.3) is 0 Å². The fourth-order valence-corrected chi connectivity index (χ4v) is 1.55. The molecule has 0 aromatic carbocycles. The van der Waals surface area contributed by atoms with Crippen molar-refractivity contribution in [2.75, 3.05) is 19.6 Å². The van der Waals surface area contributed by atoms with Gasteiger partial charge in [-0.05, 0) is 25.3 Å². The molecule has 0 aromatic heterocycles. The quantitative estimate of drug-likeness (QED) is 0.755. The Hall–Kier alpha value is -0.490. The van der Waals surface area contributed by atoms with Gasteiger partial charge in [-0.25, -0.2) is 0 Å². The number of hydrogen-bond donors (Lipinski definition) is 1. The van der Waals surface area contributed by atoms with Gasteiger partial charge in [0.1, 0.15) is 0 Å². The number of rotatable bonds is 1. The molecule has 15 heavy (non-hydrogen) atoms. The van der Waals surface area contributed by atoms with Crippen LogP contribution in [0.2, 0.25) is 0 Å². The van der Waals surface area contributed by atoms with Crippen LogP contribution in [0.25, 0.3) is 0 Å². The largest absolute Gasteiger partial charge is 0.471 e. The molecule has 0 spiro atoms. The molecular weight excluding hydrogens is 233 g/mol. The minimum absolute atomic E-state index is 0. The molecular formula is C8H14ClF3N2O. The highest BCUT2D eigenvalue weighted by atomic mass is 35.5. The Morgan fingerprint density at radius 1 is 1.33 bits per heavy atom. The van der Waals surface area contributed by atoms with Crippen molar-refractivity contribution < 1.29 is 18.0 Å². The molecule has 0 unspecified atom stereocenters. The van der Waals surface area contributed by atoms with Gasteiger partial charge in [-0.1, -0.05) is 0 Å². The second-order valence-corrected chi connectivity index (χ2v) is 3.47. The molecule has 2 N–H and O–H groups in total. The highest BCUT2D eigenvalue weighted by Crippen LogP contribution is 2.23. The van der Waals surface area contributed by atoms with E-state index >= 15 is 0 Å². The van der Waals surface area contributed by atoms with Crippen molar-refractivity contribution in [3.05, 3.63) is 0 Å². The van der Waals surface area contributed by atoms with Crippen LogP contribution in [0, 0.1) is 5.92 Å². The van der Waals surface area contributed by atoms with E-state index in [0.29, 0.717) is 19.4 Å². The Morgan fingerprint density at radius 3 is 2.13 bits per heavy atom. The lowest BCUT2D eigenvalue weighted by Crippen LogP contribution is -2.46. The van der Waals surface area contributed by atoms with Crippen molar-refractivity contribution >= 4 is 18.3 Å². The van der Waals surface area contributed by atoms with Crippen LogP contribution in [0.3, 0.4) is 0 Å². The third kappa shape index (κ3) is 3.87. The Balaban J connectivity index is 0.00000196. The molecule has 7 heteroatoms. The summed E-state index contributed by atoms with van der Waals surface area (Å²) in [5.74, 6) is -1.47. The van der Waals surface area contributed by atoms with Crippen LogP contribution in [0.4, 0.5) is 13.2 Å². The molecule has 1 fully saturated rings. The van der Waals surface area contributed by atoms with Crippen LogP contribution < -0.4 is 5.73 Å². The van der Waals surface area contributed by atoms with Gasteiger partial charge in [0, 0.05) is 13.1 Å². The summed E-state index contributed by atoms with van der Waals surface area (Å²) in [5.41, 5.74) is 5.38. The topological polar surface area (TPSA) is 46.3 Å². The third-order valence-electron chi connectivity index (χ3n) is 2.48. The van der Waals surface area contributed by atoms with Gasteiger partial charge in [-0.3, -0.25) is 4.79 Å². The Kier molecular flexibility index (Phi) is 5.37. The summed E-state index contributed by atoms with van der Waals surface area (Å²) in [7, 11) is 0. The molecule has 90 valence electrons. The van der Waals surface area contributed by atoms with E-state index in [1.807, 2.05) is 0 Å². The normalized spacial score (nSPS) is 18.5. The Labute approximate surface area is 92.2 Å². The van der Waals surface area contributed by atoms with Gasteiger partial charge in [0.05, 0.1) is 0 Å². The van der Waals surface area contributed by atoms with E-state index in [2.05, 4.69) is 0 Å². The van der Waals surface area contributed by atoms with Crippen molar-refractivity contribution in [2.24, 2.45) is 11.7 Å². The zero-order valence-corrected chi connectivity index (χ0v) is 8.90. The number of nitrogens with zero attached hydrogens (tertiary/aromatic N) is 1. The van der Waals surface area contributed by atoms with Crippen molar-refractivity contribution in [2.45, 2.75) is 19.0 Å². The summed E-state index contributed by atoms with van der Waals surface area (Å²) >= 11 is 0. The number of amides is 1. The summed E-state index contributed by atoms with van der Waals surface area (Å²) < 4.78 is 36.0. The van der Waals surface area contributed by atoms with Crippen LogP contribution in [0.5, 0.6) is 0 Å². The smallest absolute Gasteiger partial charge is 0.335 e. The molecule has 1 rings (SSSR count). The Bertz CT molecular complexity index is 214. The number of halogens is 4. The summed E-state index contributed by atoms with van der Waals surface area (Å²) in [6.45, 7) is 0.814. The SMILES string of the molecule is Cl.NCC1CCN(C(=O)C(F)(F)F)CC1. The second-order valence-electron chi connectivity index (χ2n) is 3.47. The first-order valence-electron chi connectivity index (χ1n) is 4.51. The van der Waals surface area contributed by atoms with E-state index in [1.165, 1.54) is 0 Å². The molecule has 0 aliphatic carbocycles. The van der Waals surface area contributed by atoms with E-state index in [9.17, 15) is 18.0 Å². The fraction of sp³-hybridized carbons (Fsp3) is 0.875. The molecule has 3 nitrogen and oxygen atoms in total. The number of piperidine rings is 1.